The lowest BCUT2D eigenvalue weighted by molar-refractivity contribution is 0.00578. The summed E-state index contributed by atoms with van der Waals surface area (Å²) in [5.74, 6) is 0. The predicted octanol–water partition coefficient (Wildman–Crippen LogP) is 4.68. The molecule has 2 aliphatic heterocycles. The molecule has 0 unspecified atom stereocenters. The van der Waals surface area contributed by atoms with Gasteiger partial charge in [-0.2, -0.15) is 0 Å². The summed E-state index contributed by atoms with van der Waals surface area (Å²) < 4.78 is 25.3. The Hall–Kier alpha value is -0.550. The second kappa shape index (κ2) is 6.23. The normalized spacial score (nSPS) is 28.7. The van der Waals surface area contributed by atoms with Gasteiger partial charge in [-0.1, -0.05) is 12.2 Å². The van der Waals surface area contributed by atoms with Crippen LogP contribution in [0.3, 0.4) is 0 Å². The van der Waals surface area contributed by atoms with Crippen LogP contribution in [-0.2, 0) is 18.6 Å². The lowest BCUT2D eigenvalue weighted by atomic mass is 9.60. The van der Waals surface area contributed by atoms with Crippen LogP contribution in [-0.4, -0.2) is 36.6 Å². The third-order valence-corrected chi connectivity index (χ3v) is 6.96. The number of hydrogen-bond acceptors (Lipinski definition) is 4. The highest BCUT2D eigenvalue weighted by Crippen LogP contribution is 2.45. The topological polar surface area (TPSA) is 36.9 Å². The fourth-order valence-electron chi connectivity index (χ4n) is 3.69. The van der Waals surface area contributed by atoms with E-state index in [1.807, 2.05) is 0 Å². The minimum atomic E-state index is -0.470. The summed E-state index contributed by atoms with van der Waals surface area (Å²) in [6, 6.07) is 0. The first-order valence-electron chi connectivity index (χ1n) is 9.90. The second-order valence-electron chi connectivity index (χ2n) is 9.93. The zero-order valence-electron chi connectivity index (χ0n) is 17.8. The van der Waals surface area contributed by atoms with E-state index in [4.69, 9.17) is 18.6 Å². The van der Waals surface area contributed by atoms with Crippen molar-refractivity contribution < 1.29 is 18.6 Å². The Balaban J connectivity index is 1.93. The molecule has 0 radical (unpaired) electrons. The Morgan fingerprint density at radius 1 is 0.692 bits per heavy atom. The van der Waals surface area contributed by atoms with E-state index in [0.29, 0.717) is 0 Å². The zero-order valence-corrected chi connectivity index (χ0v) is 17.8. The summed E-state index contributed by atoms with van der Waals surface area (Å²) in [6.07, 6.45) is 4.54. The second-order valence-corrected chi connectivity index (χ2v) is 9.93. The minimum absolute atomic E-state index is 0.377. The lowest BCUT2D eigenvalue weighted by Crippen LogP contribution is -2.41. The van der Waals surface area contributed by atoms with Crippen molar-refractivity contribution >= 4 is 14.2 Å². The average Bonchev–Trinajstić information content (AvgIpc) is 3.10. The first-order chi connectivity index (χ1) is 11.8. The predicted molar refractivity (Wildman–Crippen MR) is 107 cm³/mol. The molecule has 0 N–H and O–H groups in total. The van der Waals surface area contributed by atoms with Gasteiger partial charge in [0.15, 0.2) is 0 Å². The van der Waals surface area contributed by atoms with Gasteiger partial charge < -0.3 is 18.6 Å². The van der Waals surface area contributed by atoms with E-state index in [2.05, 4.69) is 62.0 Å². The molecule has 6 heteroatoms. The maximum absolute atomic E-state index is 6.37. The lowest BCUT2D eigenvalue weighted by Gasteiger charge is -2.32. The summed E-state index contributed by atoms with van der Waals surface area (Å²) in [5.41, 5.74) is 1.75. The first-order valence-corrected chi connectivity index (χ1v) is 9.90. The molecule has 1 saturated carbocycles. The van der Waals surface area contributed by atoms with E-state index in [-0.39, 0.29) is 22.4 Å². The van der Waals surface area contributed by atoms with Crippen LogP contribution in [0.25, 0.3) is 0 Å². The van der Waals surface area contributed by atoms with Crippen LogP contribution in [0.1, 0.15) is 81.1 Å². The maximum Gasteiger partial charge on any atom is 0.494 e. The molecule has 0 aromatic heterocycles. The molecule has 0 atom stereocenters. The summed E-state index contributed by atoms with van der Waals surface area (Å²) in [6.45, 7) is 21.0. The third-order valence-electron chi connectivity index (χ3n) is 6.96. The van der Waals surface area contributed by atoms with Crippen molar-refractivity contribution in [3.8, 4) is 0 Å². The molecule has 2 heterocycles. The van der Waals surface area contributed by atoms with E-state index in [9.17, 15) is 0 Å². The van der Waals surface area contributed by atoms with Crippen molar-refractivity contribution in [1.82, 2.24) is 0 Å². The van der Waals surface area contributed by atoms with Crippen molar-refractivity contribution in [2.75, 3.05) is 0 Å². The monoisotopic (exact) mass is 360 g/mol. The van der Waals surface area contributed by atoms with Gasteiger partial charge in [0.05, 0.1) is 22.4 Å². The van der Waals surface area contributed by atoms with Crippen molar-refractivity contribution in [2.24, 2.45) is 0 Å². The van der Waals surface area contributed by atoms with Crippen LogP contribution >= 0.6 is 0 Å². The summed E-state index contributed by atoms with van der Waals surface area (Å²) in [7, 11) is -0.887. The zero-order chi connectivity index (χ0) is 19.5. The highest BCUT2D eigenvalue weighted by molar-refractivity contribution is 6.66. The van der Waals surface area contributed by atoms with E-state index in [0.717, 1.165) is 23.8 Å². The smallest absolute Gasteiger partial charge is 0.399 e. The number of rotatable bonds is 3. The Morgan fingerprint density at radius 3 is 1.42 bits per heavy atom. The Bertz CT molecular complexity index is 594. The van der Waals surface area contributed by atoms with E-state index in [1.54, 1.807) is 0 Å². The summed E-state index contributed by atoms with van der Waals surface area (Å²) in [4.78, 5) is 0. The SMILES string of the molecule is C=C(B1OC(C)(C)C(C)(C)O1)C(B1OC(C)(C)C(C)(C)O1)=C1CCCC1. The quantitative estimate of drug-likeness (QED) is 0.685. The van der Waals surface area contributed by atoms with Crippen LogP contribution < -0.4 is 0 Å². The Kier molecular flexibility index (Phi) is 4.84. The van der Waals surface area contributed by atoms with E-state index < -0.39 is 14.2 Å². The molecular weight excluding hydrogens is 326 g/mol. The molecule has 144 valence electrons. The minimum Gasteiger partial charge on any atom is -0.399 e. The largest absolute Gasteiger partial charge is 0.494 e. The summed E-state index contributed by atoms with van der Waals surface area (Å²) >= 11 is 0. The van der Waals surface area contributed by atoms with Crippen molar-refractivity contribution in [3.05, 3.63) is 23.1 Å². The van der Waals surface area contributed by atoms with Gasteiger partial charge in [-0.05, 0) is 92.0 Å². The molecule has 4 nitrogen and oxygen atoms in total. The molecule has 0 bridgehead atoms. The standard InChI is InChI=1S/C20H34B2O4/c1-14(21-23-17(2,3)18(4,5)24-21)16(15-12-10-11-13-15)22-25-19(6,7)20(8,9)26-22/h1,10-13H2,2-9H3. The molecule has 0 aromatic rings. The fraction of sp³-hybridized carbons (Fsp3) is 0.800. The van der Waals surface area contributed by atoms with Gasteiger partial charge in [-0.15, -0.1) is 0 Å². The van der Waals surface area contributed by atoms with E-state index in [1.165, 1.54) is 18.4 Å². The van der Waals surface area contributed by atoms with Crippen molar-refractivity contribution in [3.63, 3.8) is 0 Å². The molecule has 2 saturated heterocycles. The van der Waals surface area contributed by atoms with Crippen LogP contribution in [0.5, 0.6) is 0 Å². The molecule has 0 spiro atoms. The van der Waals surface area contributed by atoms with E-state index >= 15 is 0 Å². The average molecular weight is 360 g/mol. The highest BCUT2D eigenvalue weighted by Gasteiger charge is 2.57. The fourth-order valence-corrected chi connectivity index (χ4v) is 3.69. The van der Waals surface area contributed by atoms with Crippen molar-refractivity contribution in [1.29, 1.82) is 0 Å². The molecular formula is C20H34B2O4. The molecule has 1 aliphatic carbocycles. The van der Waals surface area contributed by atoms with Gasteiger partial charge in [0.25, 0.3) is 0 Å². The van der Waals surface area contributed by atoms with Gasteiger partial charge >= 0.3 is 14.2 Å². The summed E-state index contributed by atoms with van der Waals surface area (Å²) in [5, 5.41) is 0. The Morgan fingerprint density at radius 2 is 1.04 bits per heavy atom. The third kappa shape index (κ3) is 3.23. The molecule has 3 aliphatic rings. The molecule has 0 amide bonds. The van der Waals surface area contributed by atoms with Gasteiger partial charge in [0.2, 0.25) is 0 Å². The molecule has 0 aromatic carbocycles. The number of hydrogen-bond donors (Lipinski definition) is 0. The molecule has 3 fully saturated rings. The van der Waals surface area contributed by atoms with Gasteiger partial charge in [-0.3, -0.25) is 0 Å². The molecule has 3 rings (SSSR count). The van der Waals surface area contributed by atoms with Crippen LogP contribution in [0.2, 0.25) is 0 Å². The van der Waals surface area contributed by atoms with Gasteiger partial charge in [0, 0.05) is 0 Å². The highest BCUT2D eigenvalue weighted by atomic mass is 16.7. The maximum atomic E-state index is 6.37. The first kappa shape index (κ1) is 20.2. The van der Waals surface area contributed by atoms with Gasteiger partial charge in [0.1, 0.15) is 0 Å². The van der Waals surface area contributed by atoms with Crippen LogP contribution in [0, 0.1) is 0 Å². The number of allylic oxidation sites excluding steroid dienone is 3. The van der Waals surface area contributed by atoms with Gasteiger partial charge in [-0.25, -0.2) is 0 Å². The van der Waals surface area contributed by atoms with Crippen LogP contribution in [0.15, 0.2) is 23.1 Å². The van der Waals surface area contributed by atoms with Crippen LogP contribution in [0.4, 0.5) is 0 Å². The van der Waals surface area contributed by atoms with Crippen molar-refractivity contribution in [2.45, 2.75) is 103 Å². The Labute approximate surface area is 160 Å². The molecule has 26 heavy (non-hydrogen) atoms.